The summed E-state index contributed by atoms with van der Waals surface area (Å²) in [7, 11) is 0. The predicted molar refractivity (Wildman–Crippen MR) is 102 cm³/mol. The maximum Gasteiger partial charge on any atom is 0.129 e. The van der Waals surface area contributed by atoms with Gasteiger partial charge in [0.15, 0.2) is 0 Å². The molecule has 3 heteroatoms. The molecule has 4 rings (SSSR count). The van der Waals surface area contributed by atoms with Crippen LogP contribution in [-0.2, 0) is 0 Å². The Morgan fingerprint density at radius 3 is 2.40 bits per heavy atom. The summed E-state index contributed by atoms with van der Waals surface area (Å²) < 4.78 is 6.21. The minimum atomic E-state index is -0.0188. The highest BCUT2D eigenvalue weighted by Gasteiger charge is 2.25. The van der Waals surface area contributed by atoms with Gasteiger partial charge in [0.2, 0.25) is 0 Å². The van der Waals surface area contributed by atoms with Crippen molar-refractivity contribution in [2.75, 3.05) is 5.43 Å². The Balaban J connectivity index is 1.65. The Bertz CT molecular complexity index is 885. The molecule has 3 aromatic rings. The molecule has 25 heavy (non-hydrogen) atoms. The number of ether oxygens (including phenoxy) is 1. The third kappa shape index (κ3) is 3.41. The quantitative estimate of drug-likeness (QED) is 0.659. The highest BCUT2D eigenvalue weighted by Crippen LogP contribution is 2.35. The van der Waals surface area contributed by atoms with E-state index in [9.17, 15) is 0 Å². The van der Waals surface area contributed by atoms with Crippen molar-refractivity contribution in [1.29, 1.82) is 0 Å². The molecule has 1 heterocycles. The summed E-state index contributed by atoms with van der Waals surface area (Å²) in [5, 5.41) is 4.69. The number of hydrazone groups is 1. The fourth-order valence-electron chi connectivity index (χ4n) is 3.01. The number of rotatable bonds is 3. The standard InChI is InChI=1S/C22H20N2O/c1-16-11-13-18(14-12-16)23-24-20-15-22(17-7-3-2-4-8-17)25-21-10-6-5-9-19(20)21/h2-14,22-23H,15H2,1H3/b24-20-. The minimum absolute atomic E-state index is 0.0188. The van der Waals surface area contributed by atoms with Gasteiger partial charge in [-0.1, -0.05) is 60.2 Å². The van der Waals surface area contributed by atoms with Crippen LogP contribution < -0.4 is 10.2 Å². The molecule has 3 nitrogen and oxygen atoms in total. The predicted octanol–water partition coefficient (Wildman–Crippen LogP) is 5.34. The molecule has 1 aliphatic heterocycles. The first-order chi connectivity index (χ1) is 12.3. The minimum Gasteiger partial charge on any atom is -0.485 e. The first-order valence-electron chi connectivity index (χ1n) is 8.50. The van der Waals surface area contributed by atoms with Crippen LogP contribution >= 0.6 is 0 Å². The molecule has 1 atom stereocenters. The maximum atomic E-state index is 6.21. The average molecular weight is 328 g/mol. The number of hydrogen-bond donors (Lipinski definition) is 1. The van der Waals surface area contributed by atoms with E-state index < -0.39 is 0 Å². The van der Waals surface area contributed by atoms with E-state index in [0.29, 0.717) is 0 Å². The summed E-state index contributed by atoms with van der Waals surface area (Å²) in [6.45, 7) is 2.08. The molecule has 0 fully saturated rings. The first-order valence-corrected chi connectivity index (χ1v) is 8.50. The van der Waals surface area contributed by atoms with Crippen molar-refractivity contribution in [3.8, 4) is 5.75 Å². The number of fused-ring (bicyclic) bond motifs is 1. The summed E-state index contributed by atoms with van der Waals surface area (Å²) in [5.74, 6) is 0.882. The third-order valence-electron chi connectivity index (χ3n) is 4.39. The average Bonchev–Trinajstić information content (AvgIpc) is 2.68. The molecule has 0 spiro atoms. The van der Waals surface area contributed by atoms with Crippen LogP contribution in [0, 0.1) is 6.92 Å². The summed E-state index contributed by atoms with van der Waals surface area (Å²) in [5.41, 5.74) is 8.63. The highest BCUT2D eigenvalue weighted by atomic mass is 16.5. The zero-order valence-corrected chi connectivity index (χ0v) is 14.1. The number of anilines is 1. The molecular formula is C22H20N2O. The second-order valence-corrected chi connectivity index (χ2v) is 6.25. The molecule has 1 aliphatic rings. The Morgan fingerprint density at radius 1 is 0.880 bits per heavy atom. The lowest BCUT2D eigenvalue weighted by atomic mass is 9.96. The third-order valence-corrected chi connectivity index (χ3v) is 4.39. The van der Waals surface area contributed by atoms with Crippen molar-refractivity contribution in [3.05, 3.63) is 95.6 Å². The van der Waals surface area contributed by atoms with Crippen LogP contribution in [0.4, 0.5) is 5.69 Å². The first kappa shape index (κ1) is 15.5. The van der Waals surface area contributed by atoms with E-state index in [-0.39, 0.29) is 6.10 Å². The van der Waals surface area contributed by atoms with Gasteiger partial charge in [-0.05, 0) is 36.8 Å². The number of aryl methyl sites for hydroxylation is 1. The molecular weight excluding hydrogens is 308 g/mol. The Labute approximate surface area is 148 Å². The molecule has 0 radical (unpaired) electrons. The zero-order chi connectivity index (χ0) is 17.1. The van der Waals surface area contributed by atoms with Crippen molar-refractivity contribution >= 4 is 11.4 Å². The van der Waals surface area contributed by atoms with E-state index in [1.165, 1.54) is 11.1 Å². The number of hydrogen-bond acceptors (Lipinski definition) is 3. The van der Waals surface area contributed by atoms with E-state index in [1.807, 2.05) is 48.5 Å². The second kappa shape index (κ2) is 6.81. The van der Waals surface area contributed by atoms with Gasteiger partial charge in [0, 0.05) is 12.0 Å². The molecule has 0 bridgehead atoms. The Kier molecular flexibility index (Phi) is 4.21. The van der Waals surface area contributed by atoms with Gasteiger partial charge in [0.1, 0.15) is 11.9 Å². The van der Waals surface area contributed by atoms with Gasteiger partial charge in [-0.3, -0.25) is 5.43 Å². The van der Waals surface area contributed by atoms with Crippen LogP contribution in [0.2, 0.25) is 0 Å². The van der Waals surface area contributed by atoms with Gasteiger partial charge in [0.05, 0.1) is 11.4 Å². The lowest BCUT2D eigenvalue weighted by Crippen LogP contribution is -2.21. The van der Waals surface area contributed by atoms with Crippen molar-refractivity contribution in [2.24, 2.45) is 5.10 Å². The lowest BCUT2D eigenvalue weighted by molar-refractivity contribution is 0.206. The van der Waals surface area contributed by atoms with E-state index >= 15 is 0 Å². The normalized spacial score (nSPS) is 17.6. The van der Waals surface area contributed by atoms with Crippen molar-refractivity contribution in [3.63, 3.8) is 0 Å². The highest BCUT2D eigenvalue weighted by molar-refractivity contribution is 6.04. The number of nitrogens with zero attached hydrogens (tertiary/aromatic N) is 1. The molecule has 1 unspecified atom stereocenters. The molecule has 3 aromatic carbocycles. The van der Waals surface area contributed by atoms with Gasteiger partial charge in [-0.15, -0.1) is 0 Å². The molecule has 0 saturated heterocycles. The molecule has 0 aliphatic carbocycles. The van der Waals surface area contributed by atoms with E-state index in [2.05, 4.69) is 47.8 Å². The molecule has 0 saturated carbocycles. The number of benzene rings is 3. The Morgan fingerprint density at radius 2 is 1.60 bits per heavy atom. The topological polar surface area (TPSA) is 33.6 Å². The van der Waals surface area contributed by atoms with Gasteiger partial charge in [-0.2, -0.15) is 5.10 Å². The largest absolute Gasteiger partial charge is 0.485 e. The molecule has 0 amide bonds. The maximum absolute atomic E-state index is 6.21. The van der Waals surface area contributed by atoms with E-state index in [4.69, 9.17) is 4.74 Å². The van der Waals surface area contributed by atoms with E-state index in [1.54, 1.807) is 0 Å². The SMILES string of the molecule is Cc1ccc(N/N=C2/CC(c3ccccc3)Oc3ccccc32)cc1. The van der Waals surface area contributed by atoms with Crippen LogP contribution in [0.5, 0.6) is 5.75 Å². The second-order valence-electron chi connectivity index (χ2n) is 6.25. The van der Waals surface area contributed by atoms with Crippen molar-refractivity contribution in [1.82, 2.24) is 0 Å². The summed E-state index contributed by atoms with van der Waals surface area (Å²) >= 11 is 0. The fraction of sp³-hybridized carbons (Fsp3) is 0.136. The molecule has 0 aromatic heterocycles. The van der Waals surface area contributed by atoms with Crippen molar-refractivity contribution < 1.29 is 4.74 Å². The summed E-state index contributed by atoms with van der Waals surface area (Å²) in [4.78, 5) is 0. The number of nitrogens with one attached hydrogen (secondary N) is 1. The van der Waals surface area contributed by atoms with Gasteiger partial charge in [0.25, 0.3) is 0 Å². The van der Waals surface area contributed by atoms with Crippen LogP contribution in [-0.4, -0.2) is 5.71 Å². The Hall–Kier alpha value is -3.07. The summed E-state index contributed by atoms with van der Waals surface area (Å²) in [6, 6.07) is 26.6. The smallest absolute Gasteiger partial charge is 0.129 e. The van der Waals surface area contributed by atoms with Crippen LogP contribution in [0.3, 0.4) is 0 Å². The lowest BCUT2D eigenvalue weighted by Gasteiger charge is -2.27. The number of para-hydroxylation sites is 1. The van der Waals surface area contributed by atoms with Crippen molar-refractivity contribution in [2.45, 2.75) is 19.4 Å². The summed E-state index contributed by atoms with van der Waals surface area (Å²) in [6.07, 6.45) is 0.717. The van der Waals surface area contributed by atoms with Crippen LogP contribution in [0.1, 0.15) is 29.2 Å². The molecule has 124 valence electrons. The van der Waals surface area contributed by atoms with E-state index in [0.717, 1.165) is 29.1 Å². The fourth-order valence-corrected chi connectivity index (χ4v) is 3.01. The zero-order valence-electron chi connectivity index (χ0n) is 14.1. The van der Waals surface area contributed by atoms with Gasteiger partial charge >= 0.3 is 0 Å². The van der Waals surface area contributed by atoms with Crippen LogP contribution in [0.15, 0.2) is 84.0 Å². The monoisotopic (exact) mass is 328 g/mol. The molecule has 1 N–H and O–H groups in total. The van der Waals surface area contributed by atoms with Gasteiger partial charge < -0.3 is 4.74 Å². The van der Waals surface area contributed by atoms with Crippen LogP contribution in [0.25, 0.3) is 0 Å². The van der Waals surface area contributed by atoms with Gasteiger partial charge in [-0.25, -0.2) is 0 Å².